The van der Waals surface area contributed by atoms with Crippen LogP contribution in [-0.2, 0) is 17.3 Å². The first kappa shape index (κ1) is 21.2. The molecule has 1 N–H and O–H groups in total. The van der Waals surface area contributed by atoms with Gasteiger partial charge in [0, 0.05) is 19.3 Å². The number of aromatic nitrogens is 4. The predicted octanol–water partition coefficient (Wildman–Crippen LogP) is 3.86. The predicted molar refractivity (Wildman–Crippen MR) is 120 cm³/mol. The molecule has 3 heterocycles. The molecule has 0 fully saturated rings. The van der Waals surface area contributed by atoms with Gasteiger partial charge in [-0.05, 0) is 36.8 Å². The monoisotopic (exact) mass is 424 g/mol. The summed E-state index contributed by atoms with van der Waals surface area (Å²) in [5.41, 5.74) is 2.79. The number of hydrogen-bond donors (Lipinski definition) is 1. The lowest BCUT2D eigenvalue weighted by Gasteiger charge is -2.30. The SMILES string of the molecule is CC(C)CC1(CCCNc2ncc3ncn(C)c3n2)C(=O)N(CCF)c2ccccc21. The van der Waals surface area contributed by atoms with Crippen molar-refractivity contribution in [3.8, 4) is 0 Å². The Morgan fingerprint density at radius 1 is 1.23 bits per heavy atom. The van der Waals surface area contributed by atoms with Crippen molar-refractivity contribution in [3.63, 3.8) is 0 Å². The lowest BCUT2D eigenvalue weighted by Crippen LogP contribution is -2.42. The number of fused-ring (bicyclic) bond motifs is 2. The van der Waals surface area contributed by atoms with Gasteiger partial charge in [-0.3, -0.25) is 4.79 Å². The van der Waals surface area contributed by atoms with Gasteiger partial charge in [0.1, 0.15) is 12.2 Å². The van der Waals surface area contributed by atoms with Crippen molar-refractivity contribution < 1.29 is 9.18 Å². The molecule has 1 aliphatic rings. The minimum Gasteiger partial charge on any atom is -0.354 e. The number of nitrogens with one attached hydrogen (secondary N) is 1. The van der Waals surface area contributed by atoms with Gasteiger partial charge in [-0.15, -0.1) is 0 Å². The average Bonchev–Trinajstić information content (AvgIpc) is 3.23. The Morgan fingerprint density at radius 2 is 2.03 bits per heavy atom. The molecule has 0 saturated heterocycles. The van der Waals surface area contributed by atoms with Crippen molar-refractivity contribution >= 4 is 28.7 Å². The van der Waals surface area contributed by atoms with Gasteiger partial charge in [-0.25, -0.2) is 14.4 Å². The summed E-state index contributed by atoms with van der Waals surface area (Å²) in [6.45, 7) is 4.46. The molecule has 1 unspecified atom stereocenters. The number of para-hydroxylation sites is 1. The fourth-order valence-electron chi connectivity index (χ4n) is 4.74. The molecule has 1 aromatic carbocycles. The number of hydrogen-bond acceptors (Lipinski definition) is 5. The highest BCUT2D eigenvalue weighted by Crippen LogP contribution is 2.48. The van der Waals surface area contributed by atoms with E-state index in [-0.39, 0.29) is 12.5 Å². The van der Waals surface area contributed by atoms with Crippen LogP contribution >= 0.6 is 0 Å². The zero-order chi connectivity index (χ0) is 22.0. The van der Waals surface area contributed by atoms with Crippen LogP contribution in [0, 0.1) is 5.92 Å². The third kappa shape index (κ3) is 3.86. The van der Waals surface area contributed by atoms with Crippen LogP contribution in [0.1, 0.15) is 38.7 Å². The molecule has 4 rings (SSSR count). The highest BCUT2D eigenvalue weighted by atomic mass is 19.1. The fourth-order valence-corrected chi connectivity index (χ4v) is 4.74. The number of anilines is 2. The van der Waals surface area contributed by atoms with Crippen LogP contribution in [0.4, 0.5) is 16.0 Å². The first-order valence-electron chi connectivity index (χ1n) is 10.8. The smallest absolute Gasteiger partial charge is 0.237 e. The zero-order valence-electron chi connectivity index (χ0n) is 18.3. The summed E-state index contributed by atoms with van der Waals surface area (Å²) in [4.78, 5) is 28.2. The van der Waals surface area contributed by atoms with Crippen molar-refractivity contribution in [3.05, 3.63) is 42.4 Å². The standard InChI is InChI=1S/C23H29FN6O/c1-16(2)13-23(17-7-4-5-8-19(17)30(12-10-24)21(23)31)9-6-11-25-22-26-14-18-20(28-22)29(3)15-27-18/h4-5,7-8,14-16H,6,9-13H2,1-3H3,(H,25,26,28). The Balaban J connectivity index is 1.51. The number of halogens is 1. The Bertz CT molecular complexity index is 1080. The zero-order valence-corrected chi connectivity index (χ0v) is 18.3. The summed E-state index contributed by atoms with van der Waals surface area (Å²) in [6.07, 6.45) is 5.61. The van der Waals surface area contributed by atoms with Crippen molar-refractivity contribution in [2.45, 2.75) is 38.5 Å². The summed E-state index contributed by atoms with van der Waals surface area (Å²) in [5.74, 6) is 0.907. The van der Waals surface area contributed by atoms with Crippen molar-refractivity contribution in [1.82, 2.24) is 19.5 Å². The van der Waals surface area contributed by atoms with Crippen LogP contribution in [0.15, 0.2) is 36.8 Å². The molecule has 0 saturated carbocycles. The Morgan fingerprint density at radius 3 is 2.81 bits per heavy atom. The van der Waals surface area contributed by atoms with Crippen molar-refractivity contribution in [1.29, 1.82) is 0 Å². The number of carbonyl (C=O) groups is 1. The molecule has 8 heteroatoms. The maximum absolute atomic E-state index is 13.5. The van der Waals surface area contributed by atoms with E-state index in [4.69, 9.17) is 0 Å². The second kappa shape index (κ2) is 8.61. The van der Waals surface area contributed by atoms with Crippen molar-refractivity contribution in [2.75, 3.05) is 30.0 Å². The highest BCUT2D eigenvalue weighted by molar-refractivity contribution is 6.08. The summed E-state index contributed by atoms with van der Waals surface area (Å²) < 4.78 is 15.1. The highest BCUT2D eigenvalue weighted by Gasteiger charge is 2.50. The van der Waals surface area contributed by atoms with Gasteiger partial charge >= 0.3 is 0 Å². The molecule has 7 nitrogen and oxygen atoms in total. The van der Waals surface area contributed by atoms with Crippen molar-refractivity contribution in [2.24, 2.45) is 13.0 Å². The number of alkyl halides is 1. The minimum atomic E-state index is -0.617. The largest absolute Gasteiger partial charge is 0.354 e. The first-order chi connectivity index (χ1) is 15.0. The van der Waals surface area contributed by atoms with E-state index in [1.165, 1.54) is 0 Å². The fraction of sp³-hybridized carbons (Fsp3) is 0.478. The van der Waals surface area contributed by atoms with Gasteiger partial charge in [0.25, 0.3) is 0 Å². The Labute approximate surface area is 181 Å². The van der Waals surface area contributed by atoms with Gasteiger partial charge in [-0.1, -0.05) is 32.0 Å². The molecule has 3 aromatic rings. The van der Waals surface area contributed by atoms with Crippen LogP contribution in [0.2, 0.25) is 0 Å². The average molecular weight is 425 g/mol. The van der Waals surface area contributed by atoms with E-state index in [9.17, 15) is 9.18 Å². The maximum Gasteiger partial charge on any atom is 0.237 e. The number of amides is 1. The molecule has 31 heavy (non-hydrogen) atoms. The molecule has 0 radical (unpaired) electrons. The van der Waals surface area contributed by atoms with E-state index < -0.39 is 12.1 Å². The molecule has 164 valence electrons. The number of nitrogens with zero attached hydrogens (tertiary/aromatic N) is 5. The first-order valence-corrected chi connectivity index (χ1v) is 10.8. The van der Waals surface area contributed by atoms with E-state index in [2.05, 4.69) is 34.1 Å². The molecule has 0 bridgehead atoms. The second-order valence-corrected chi connectivity index (χ2v) is 8.63. The lowest BCUT2D eigenvalue weighted by atomic mass is 9.72. The second-order valence-electron chi connectivity index (χ2n) is 8.63. The summed E-state index contributed by atoms with van der Waals surface area (Å²) in [5, 5.41) is 3.28. The van der Waals surface area contributed by atoms with Gasteiger partial charge in [0.05, 0.1) is 24.5 Å². The van der Waals surface area contributed by atoms with Gasteiger partial charge < -0.3 is 14.8 Å². The molecular formula is C23H29FN6O. The van der Waals surface area contributed by atoms with E-state index in [1.807, 2.05) is 35.9 Å². The van der Waals surface area contributed by atoms with Crippen LogP contribution in [-0.4, -0.2) is 45.2 Å². The molecule has 0 aliphatic carbocycles. The normalized spacial score (nSPS) is 18.2. The number of carbonyl (C=O) groups excluding carboxylic acids is 1. The molecule has 1 amide bonds. The third-order valence-corrected chi connectivity index (χ3v) is 5.95. The van der Waals surface area contributed by atoms with E-state index in [0.717, 1.165) is 35.3 Å². The lowest BCUT2D eigenvalue weighted by molar-refractivity contribution is -0.124. The molecular weight excluding hydrogens is 395 g/mol. The van der Waals surface area contributed by atoms with Crippen LogP contribution < -0.4 is 10.2 Å². The number of imidazole rings is 1. The van der Waals surface area contributed by atoms with Crippen LogP contribution in [0.25, 0.3) is 11.2 Å². The molecule has 0 spiro atoms. The van der Waals surface area contributed by atoms with Crippen LogP contribution in [0.3, 0.4) is 0 Å². The maximum atomic E-state index is 13.5. The molecule has 1 aliphatic heterocycles. The number of aryl methyl sites for hydroxylation is 1. The number of benzene rings is 1. The molecule has 1 atom stereocenters. The Hall–Kier alpha value is -3.03. The van der Waals surface area contributed by atoms with Gasteiger partial charge in [0.15, 0.2) is 5.65 Å². The van der Waals surface area contributed by atoms with E-state index in [1.54, 1.807) is 17.4 Å². The van der Waals surface area contributed by atoms with Crippen LogP contribution in [0.5, 0.6) is 0 Å². The summed E-state index contributed by atoms with van der Waals surface area (Å²) >= 11 is 0. The molecule has 2 aromatic heterocycles. The Kier molecular flexibility index (Phi) is 5.89. The van der Waals surface area contributed by atoms with Gasteiger partial charge in [0.2, 0.25) is 11.9 Å². The summed E-state index contributed by atoms with van der Waals surface area (Å²) in [6, 6.07) is 7.84. The van der Waals surface area contributed by atoms with E-state index >= 15 is 0 Å². The minimum absolute atomic E-state index is 0.0209. The van der Waals surface area contributed by atoms with Gasteiger partial charge in [-0.2, -0.15) is 4.98 Å². The quantitative estimate of drug-likeness (QED) is 0.528. The summed E-state index contributed by atoms with van der Waals surface area (Å²) in [7, 11) is 1.90. The third-order valence-electron chi connectivity index (χ3n) is 5.95. The van der Waals surface area contributed by atoms with E-state index in [0.29, 0.717) is 24.8 Å². The topological polar surface area (TPSA) is 75.9 Å². The number of rotatable bonds is 9.